The molecule has 0 aliphatic rings. The highest BCUT2D eigenvalue weighted by molar-refractivity contribution is 9.10. The van der Waals surface area contributed by atoms with Gasteiger partial charge in [-0.05, 0) is 59.6 Å². The van der Waals surface area contributed by atoms with Crippen molar-refractivity contribution in [1.82, 2.24) is 4.98 Å². The number of nitrogens with one attached hydrogen (secondary N) is 1. The van der Waals surface area contributed by atoms with Crippen molar-refractivity contribution in [3.05, 3.63) is 94.0 Å². The van der Waals surface area contributed by atoms with E-state index in [2.05, 4.69) is 27.3 Å². The zero-order valence-electron chi connectivity index (χ0n) is 20.1. The molecule has 0 atom stereocenters. The van der Waals surface area contributed by atoms with Gasteiger partial charge in [0.15, 0.2) is 0 Å². The van der Waals surface area contributed by atoms with Gasteiger partial charge in [-0.2, -0.15) is 5.26 Å². The van der Waals surface area contributed by atoms with E-state index in [1.54, 1.807) is 7.11 Å². The third-order valence-corrected chi connectivity index (χ3v) is 7.21. The number of carbonyl (C=O) groups excluding carboxylic acids is 1. The van der Waals surface area contributed by atoms with Crippen molar-refractivity contribution >= 4 is 39.3 Å². The maximum Gasteiger partial charge on any atom is 0.234 e. The lowest BCUT2D eigenvalue weighted by atomic mass is 9.98. The van der Waals surface area contributed by atoms with Crippen LogP contribution in [0.3, 0.4) is 0 Å². The van der Waals surface area contributed by atoms with Gasteiger partial charge >= 0.3 is 0 Å². The number of pyridine rings is 1. The van der Waals surface area contributed by atoms with Gasteiger partial charge in [0.25, 0.3) is 0 Å². The van der Waals surface area contributed by atoms with Crippen LogP contribution in [0.25, 0.3) is 22.4 Å². The highest BCUT2D eigenvalue weighted by atomic mass is 79.9. The summed E-state index contributed by atoms with van der Waals surface area (Å²) in [7, 11) is 1.61. The standard InChI is InChI=1S/C29H24BrN3O2S/c1-18-8-11-20(12-9-18)26-15-22(21-6-4-5-7-27(21)35-3)23(16-31)29(33-26)36-17-28(34)32-25-13-10-19(2)14-24(25)30/h4-15H,17H2,1-3H3,(H,32,34). The number of anilines is 1. The number of hydrogen-bond donors (Lipinski definition) is 1. The molecule has 180 valence electrons. The van der Waals surface area contributed by atoms with Gasteiger partial charge in [-0.15, -0.1) is 0 Å². The fourth-order valence-corrected chi connectivity index (χ4v) is 5.12. The molecule has 0 aliphatic carbocycles. The van der Waals surface area contributed by atoms with Crippen molar-refractivity contribution in [2.75, 3.05) is 18.2 Å². The minimum absolute atomic E-state index is 0.102. The van der Waals surface area contributed by atoms with Crippen LogP contribution in [0.5, 0.6) is 5.75 Å². The van der Waals surface area contributed by atoms with Crippen LogP contribution < -0.4 is 10.1 Å². The second kappa shape index (κ2) is 11.4. The Kier molecular flexibility index (Phi) is 8.09. The van der Waals surface area contributed by atoms with E-state index in [0.29, 0.717) is 27.6 Å². The number of halogens is 1. The van der Waals surface area contributed by atoms with Gasteiger partial charge in [0.05, 0.1) is 29.8 Å². The molecule has 1 aromatic heterocycles. The Balaban J connectivity index is 1.72. The molecule has 0 saturated heterocycles. The molecule has 0 fully saturated rings. The van der Waals surface area contributed by atoms with Gasteiger partial charge in [0.2, 0.25) is 5.91 Å². The number of aromatic nitrogens is 1. The van der Waals surface area contributed by atoms with Crippen molar-refractivity contribution in [3.8, 4) is 34.2 Å². The summed E-state index contributed by atoms with van der Waals surface area (Å²) in [6.45, 7) is 4.02. The van der Waals surface area contributed by atoms with Crippen LogP contribution in [0.15, 0.2) is 82.3 Å². The Morgan fingerprint density at radius 2 is 1.75 bits per heavy atom. The zero-order valence-corrected chi connectivity index (χ0v) is 22.5. The maximum absolute atomic E-state index is 12.8. The molecular formula is C29H24BrN3O2S. The normalized spacial score (nSPS) is 10.5. The molecular weight excluding hydrogens is 534 g/mol. The quantitative estimate of drug-likeness (QED) is 0.239. The first kappa shape index (κ1) is 25.5. The van der Waals surface area contributed by atoms with E-state index < -0.39 is 0 Å². The number of nitriles is 1. The third kappa shape index (κ3) is 5.78. The average Bonchev–Trinajstić information content (AvgIpc) is 2.89. The molecule has 36 heavy (non-hydrogen) atoms. The predicted octanol–water partition coefficient (Wildman–Crippen LogP) is 7.41. The van der Waals surface area contributed by atoms with Gasteiger partial charge in [0.1, 0.15) is 16.8 Å². The number of carbonyl (C=O) groups is 1. The van der Waals surface area contributed by atoms with Crippen LogP contribution in [0.1, 0.15) is 16.7 Å². The zero-order chi connectivity index (χ0) is 25.7. The first-order valence-corrected chi connectivity index (χ1v) is 13.0. The molecule has 1 N–H and O–H groups in total. The number of nitrogens with zero attached hydrogens (tertiary/aromatic N) is 2. The molecule has 4 aromatic rings. The topological polar surface area (TPSA) is 75.0 Å². The Morgan fingerprint density at radius 3 is 2.44 bits per heavy atom. The van der Waals surface area contributed by atoms with Crippen LogP contribution in [-0.2, 0) is 4.79 Å². The summed E-state index contributed by atoms with van der Waals surface area (Å²) in [5.41, 5.74) is 6.49. The van der Waals surface area contributed by atoms with Crippen LogP contribution in [0.4, 0.5) is 5.69 Å². The number of para-hydroxylation sites is 1. The smallest absolute Gasteiger partial charge is 0.234 e. The van der Waals surface area contributed by atoms with E-state index in [0.717, 1.165) is 32.4 Å². The molecule has 0 radical (unpaired) electrons. The van der Waals surface area contributed by atoms with Crippen LogP contribution in [0.2, 0.25) is 0 Å². The largest absolute Gasteiger partial charge is 0.496 e. The number of ether oxygens (including phenoxy) is 1. The SMILES string of the molecule is COc1ccccc1-c1cc(-c2ccc(C)cc2)nc(SCC(=O)Nc2ccc(C)cc2Br)c1C#N. The fourth-order valence-electron chi connectivity index (χ4n) is 3.73. The van der Waals surface area contributed by atoms with Gasteiger partial charge < -0.3 is 10.1 Å². The monoisotopic (exact) mass is 557 g/mol. The van der Waals surface area contributed by atoms with Crippen molar-refractivity contribution in [2.24, 2.45) is 0 Å². The molecule has 7 heteroatoms. The predicted molar refractivity (Wildman–Crippen MR) is 149 cm³/mol. The molecule has 4 rings (SSSR count). The lowest BCUT2D eigenvalue weighted by Gasteiger charge is -2.15. The Hall–Kier alpha value is -3.60. The third-order valence-electron chi connectivity index (χ3n) is 5.58. The lowest BCUT2D eigenvalue weighted by Crippen LogP contribution is -2.14. The van der Waals surface area contributed by atoms with Crippen molar-refractivity contribution in [3.63, 3.8) is 0 Å². The minimum Gasteiger partial charge on any atom is -0.496 e. The summed E-state index contributed by atoms with van der Waals surface area (Å²) >= 11 is 4.74. The highest BCUT2D eigenvalue weighted by Crippen LogP contribution is 2.38. The summed E-state index contributed by atoms with van der Waals surface area (Å²) < 4.78 is 6.40. The Bertz CT molecular complexity index is 1460. The maximum atomic E-state index is 12.8. The number of hydrogen-bond acceptors (Lipinski definition) is 5. The molecule has 0 spiro atoms. The Labute approximate surface area is 223 Å². The molecule has 0 aliphatic heterocycles. The molecule has 3 aromatic carbocycles. The number of aryl methyl sites for hydroxylation is 2. The average molecular weight is 559 g/mol. The number of amides is 1. The second-order valence-electron chi connectivity index (χ2n) is 8.23. The molecule has 0 unspecified atom stereocenters. The van der Waals surface area contributed by atoms with Crippen molar-refractivity contribution < 1.29 is 9.53 Å². The Morgan fingerprint density at radius 1 is 1.03 bits per heavy atom. The van der Waals surface area contributed by atoms with Crippen LogP contribution in [-0.4, -0.2) is 23.8 Å². The van der Waals surface area contributed by atoms with E-state index in [4.69, 9.17) is 9.72 Å². The van der Waals surface area contributed by atoms with Crippen LogP contribution >= 0.6 is 27.7 Å². The summed E-state index contributed by atoms with van der Waals surface area (Å²) in [6, 6.07) is 25.6. The first-order valence-electron chi connectivity index (χ1n) is 11.2. The molecule has 0 bridgehead atoms. The molecule has 1 heterocycles. The summed E-state index contributed by atoms with van der Waals surface area (Å²) in [5, 5.41) is 13.6. The van der Waals surface area contributed by atoms with Gasteiger partial charge in [-0.3, -0.25) is 4.79 Å². The lowest BCUT2D eigenvalue weighted by molar-refractivity contribution is -0.113. The van der Waals surface area contributed by atoms with Crippen LogP contribution in [0, 0.1) is 25.2 Å². The molecule has 5 nitrogen and oxygen atoms in total. The fraction of sp³-hybridized carbons (Fsp3) is 0.138. The number of rotatable bonds is 7. The summed E-state index contributed by atoms with van der Waals surface area (Å²) in [4.78, 5) is 17.6. The molecule has 1 amide bonds. The number of thioether (sulfide) groups is 1. The van der Waals surface area contributed by atoms with E-state index >= 15 is 0 Å². The van der Waals surface area contributed by atoms with E-state index in [-0.39, 0.29) is 11.7 Å². The minimum atomic E-state index is -0.185. The van der Waals surface area contributed by atoms with Crippen molar-refractivity contribution in [2.45, 2.75) is 18.9 Å². The number of benzene rings is 3. The first-order chi connectivity index (χ1) is 17.4. The van der Waals surface area contributed by atoms with Crippen molar-refractivity contribution in [1.29, 1.82) is 5.26 Å². The summed E-state index contributed by atoms with van der Waals surface area (Å²) in [5.74, 6) is 0.577. The van der Waals surface area contributed by atoms with E-state index in [1.165, 1.54) is 11.8 Å². The second-order valence-corrected chi connectivity index (χ2v) is 10.1. The molecule has 0 saturated carbocycles. The highest BCUT2D eigenvalue weighted by Gasteiger charge is 2.19. The van der Waals surface area contributed by atoms with E-state index in [1.807, 2.05) is 86.6 Å². The van der Waals surface area contributed by atoms with Gasteiger partial charge in [0, 0.05) is 21.2 Å². The van der Waals surface area contributed by atoms with E-state index in [9.17, 15) is 10.1 Å². The number of methoxy groups -OCH3 is 1. The van der Waals surface area contributed by atoms with Gasteiger partial charge in [-0.1, -0.05) is 65.9 Å². The summed E-state index contributed by atoms with van der Waals surface area (Å²) in [6.07, 6.45) is 0. The van der Waals surface area contributed by atoms with Gasteiger partial charge in [-0.25, -0.2) is 4.98 Å².